The highest BCUT2D eigenvalue weighted by Crippen LogP contribution is 2.20. The Morgan fingerprint density at radius 3 is 2.00 bits per heavy atom. The first-order chi connectivity index (χ1) is 10.4. The van der Waals surface area contributed by atoms with Crippen molar-refractivity contribution in [1.82, 2.24) is 5.32 Å². The summed E-state index contributed by atoms with van der Waals surface area (Å²) in [5.74, 6) is 2.40. The molecule has 0 fully saturated rings. The van der Waals surface area contributed by atoms with Crippen LogP contribution in [0.15, 0.2) is 48.5 Å². The molecule has 0 aliphatic carbocycles. The summed E-state index contributed by atoms with van der Waals surface area (Å²) < 4.78 is 0. The number of carbonyl (C=O) groups is 1. The van der Waals surface area contributed by atoms with Crippen LogP contribution in [0.4, 0.5) is 0 Å². The number of rotatable bonds is 4. The highest BCUT2D eigenvalue weighted by Gasteiger charge is 2.17. The lowest BCUT2D eigenvalue weighted by Crippen LogP contribution is -2.42. The van der Waals surface area contributed by atoms with Gasteiger partial charge >= 0.3 is 0 Å². The Balaban J connectivity index is 2.16. The maximum absolute atomic E-state index is 12.1. The maximum atomic E-state index is 12.1. The Labute approximate surface area is 132 Å². The molecule has 112 valence electrons. The molecule has 2 nitrogen and oxygen atoms in total. The summed E-state index contributed by atoms with van der Waals surface area (Å²) in [6, 6.07) is 16.0. The first-order valence-corrected chi connectivity index (χ1v) is 7.45. The third kappa shape index (κ3) is 3.77. The van der Waals surface area contributed by atoms with Gasteiger partial charge in [-0.3, -0.25) is 4.79 Å². The molecule has 0 aromatic heterocycles. The zero-order valence-electron chi connectivity index (χ0n) is 13.3. The minimum absolute atomic E-state index is 0.157. The van der Waals surface area contributed by atoms with Crippen LogP contribution in [0.1, 0.15) is 36.7 Å². The smallest absolute Gasteiger partial charge is 0.252 e. The highest BCUT2D eigenvalue weighted by atomic mass is 16.1. The van der Waals surface area contributed by atoms with Crippen molar-refractivity contribution in [2.45, 2.75) is 32.7 Å². The number of hydrogen-bond donors (Lipinski definition) is 1. The van der Waals surface area contributed by atoms with Crippen molar-refractivity contribution in [2.75, 3.05) is 0 Å². The Morgan fingerprint density at radius 1 is 1.05 bits per heavy atom. The Bertz CT molecular complexity index is 688. The topological polar surface area (TPSA) is 29.1 Å². The molecule has 0 unspecified atom stereocenters. The fourth-order valence-corrected chi connectivity index (χ4v) is 2.14. The van der Waals surface area contributed by atoms with Crippen molar-refractivity contribution in [3.8, 4) is 23.5 Å². The normalized spacial score (nSPS) is 10.8. The third-order valence-corrected chi connectivity index (χ3v) is 3.63. The molecule has 0 heterocycles. The molecule has 2 aromatic carbocycles. The second-order valence-corrected chi connectivity index (χ2v) is 5.85. The van der Waals surface area contributed by atoms with Gasteiger partial charge in [0.15, 0.2) is 0 Å². The van der Waals surface area contributed by atoms with E-state index in [-0.39, 0.29) is 5.91 Å². The minimum atomic E-state index is -0.647. The van der Waals surface area contributed by atoms with Gasteiger partial charge in [0.1, 0.15) is 0 Å². The molecule has 0 bridgehead atoms. The van der Waals surface area contributed by atoms with Gasteiger partial charge in [-0.25, -0.2) is 0 Å². The molecule has 0 aliphatic heterocycles. The van der Waals surface area contributed by atoms with Gasteiger partial charge in [-0.2, -0.15) is 0 Å². The zero-order valence-corrected chi connectivity index (χ0v) is 13.3. The summed E-state index contributed by atoms with van der Waals surface area (Å²) in [7, 11) is 0. The molecule has 0 saturated heterocycles. The number of aryl methyl sites for hydroxylation is 1. The lowest BCUT2D eigenvalue weighted by Gasteiger charge is -2.19. The predicted octanol–water partition coefficient (Wildman–Crippen LogP) is 4.06. The first kappa shape index (κ1) is 15.9. The van der Waals surface area contributed by atoms with E-state index in [0.29, 0.717) is 5.56 Å². The van der Waals surface area contributed by atoms with Gasteiger partial charge in [-0.05, 0) is 49.1 Å². The number of terminal acetylenes is 1. The van der Waals surface area contributed by atoms with Gasteiger partial charge in [-0.1, -0.05) is 49.2 Å². The van der Waals surface area contributed by atoms with Crippen molar-refractivity contribution < 1.29 is 4.79 Å². The Hall–Kier alpha value is -2.53. The quantitative estimate of drug-likeness (QED) is 0.846. The Morgan fingerprint density at radius 2 is 1.55 bits per heavy atom. The van der Waals surface area contributed by atoms with Crippen molar-refractivity contribution >= 4 is 5.91 Å². The predicted molar refractivity (Wildman–Crippen MR) is 91.6 cm³/mol. The lowest BCUT2D eigenvalue weighted by atomic mass is 10.0. The van der Waals surface area contributed by atoms with Crippen molar-refractivity contribution in [3.63, 3.8) is 0 Å². The second-order valence-electron chi connectivity index (χ2n) is 5.85. The number of hydrogen-bond acceptors (Lipinski definition) is 1. The van der Waals surface area contributed by atoms with Crippen LogP contribution in [0, 0.1) is 12.3 Å². The van der Waals surface area contributed by atoms with E-state index in [9.17, 15) is 4.79 Å². The van der Waals surface area contributed by atoms with Gasteiger partial charge in [0.2, 0.25) is 0 Å². The van der Waals surface area contributed by atoms with Gasteiger partial charge < -0.3 is 5.32 Å². The fourth-order valence-electron chi connectivity index (χ4n) is 2.14. The summed E-state index contributed by atoms with van der Waals surface area (Å²) in [5, 5.41) is 2.82. The summed E-state index contributed by atoms with van der Waals surface area (Å²) in [5.41, 5.74) is 3.52. The van der Waals surface area contributed by atoms with Crippen LogP contribution >= 0.6 is 0 Å². The van der Waals surface area contributed by atoms with Crippen LogP contribution in [0.25, 0.3) is 11.1 Å². The van der Waals surface area contributed by atoms with Crippen LogP contribution < -0.4 is 5.32 Å². The van der Waals surface area contributed by atoms with Crippen LogP contribution in [0.2, 0.25) is 0 Å². The van der Waals surface area contributed by atoms with Crippen LogP contribution in [-0.2, 0) is 6.42 Å². The third-order valence-electron chi connectivity index (χ3n) is 3.63. The summed E-state index contributed by atoms with van der Waals surface area (Å²) in [6.45, 7) is 5.74. The molecule has 2 heteroatoms. The number of amides is 1. The zero-order chi connectivity index (χ0) is 16.2. The second kappa shape index (κ2) is 6.49. The number of benzene rings is 2. The van der Waals surface area contributed by atoms with Crippen molar-refractivity contribution in [2.24, 2.45) is 0 Å². The molecule has 0 atom stereocenters. The largest absolute Gasteiger partial charge is 0.336 e. The molecule has 2 rings (SSSR count). The van der Waals surface area contributed by atoms with Gasteiger partial charge in [0.25, 0.3) is 5.91 Å². The number of nitrogens with one attached hydrogen (secondary N) is 1. The van der Waals surface area contributed by atoms with E-state index in [2.05, 4.69) is 42.4 Å². The van der Waals surface area contributed by atoms with E-state index in [1.807, 2.05) is 24.3 Å². The highest BCUT2D eigenvalue weighted by molar-refractivity contribution is 5.95. The average molecular weight is 291 g/mol. The van der Waals surface area contributed by atoms with E-state index in [1.54, 1.807) is 13.8 Å². The Kier molecular flexibility index (Phi) is 4.68. The molecule has 22 heavy (non-hydrogen) atoms. The van der Waals surface area contributed by atoms with Gasteiger partial charge in [0, 0.05) is 5.56 Å². The fraction of sp³-hybridized carbons (Fsp3) is 0.250. The molecular weight excluding hydrogens is 270 g/mol. The summed E-state index contributed by atoms with van der Waals surface area (Å²) in [6.07, 6.45) is 6.42. The molecule has 0 spiro atoms. The van der Waals surface area contributed by atoms with E-state index >= 15 is 0 Å². The van der Waals surface area contributed by atoms with E-state index in [1.165, 1.54) is 5.56 Å². The van der Waals surface area contributed by atoms with Gasteiger partial charge in [0.05, 0.1) is 5.54 Å². The van der Waals surface area contributed by atoms with Gasteiger partial charge in [-0.15, -0.1) is 6.42 Å². The molecule has 2 aromatic rings. The SMILES string of the molecule is C#CC(C)(C)NC(=O)c1ccc(-c2ccc(CC)cc2)cc1. The van der Waals surface area contributed by atoms with E-state index in [0.717, 1.165) is 17.5 Å². The maximum Gasteiger partial charge on any atom is 0.252 e. The molecule has 0 saturated carbocycles. The van der Waals surface area contributed by atoms with Crippen LogP contribution in [0.5, 0.6) is 0 Å². The lowest BCUT2D eigenvalue weighted by molar-refractivity contribution is 0.0930. The van der Waals surface area contributed by atoms with Crippen molar-refractivity contribution in [1.29, 1.82) is 0 Å². The average Bonchev–Trinajstić information content (AvgIpc) is 2.55. The molecule has 0 aliphatic rings. The number of carbonyl (C=O) groups excluding carboxylic acids is 1. The molecule has 0 radical (unpaired) electrons. The van der Waals surface area contributed by atoms with Crippen LogP contribution in [0.3, 0.4) is 0 Å². The first-order valence-electron chi connectivity index (χ1n) is 7.45. The van der Waals surface area contributed by atoms with E-state index in [4.69, 9.17) is 6.42 Å². The minimum Gasteiger partial charge on any atom is -0.336 e. The summed E-state index contributed by atoms with van der Waals surface area (Å²) >= 11 is 0. The summed E-state index contributed by atoms with van der Waals surface area (Å²) in [4.78, 5) is 12.1. The standard InChI is InChI=1S/C20H21NO/c1-5-15-7-9-16(10-8-15)17-11-13-18(14-12-17)19(22)21-20(3,4)6-2/h2,7-14H,5H2,1,3-4H3,(H,21,22). The van der Waals surface area contributed by atoms with Crippen LogP contribution in [-0.4, -0.2) is 11.4 Å². The van der Waals surface area contributed by atoms with Crippen molar-refractivity contribution in [3.05, 3.63) is 59.7 Å². The monoisotopic (exact) mass is 291 g/mol. The molecule has 1 N–H and O–H groups in total. The molecule has 1 amide bonds. The van der Waals surface area contributed by atoms with E-state index < -0.39 is 5.54 Å². The molecular formula is C20H21NO.